The van der Waals surface area contributed by atoms with Crippen molar-refractivity contribution in [3.63, 3.8) is 0 Å². The first kappa shape index (κ1) is 12.7. The topological polar surface area (TPSA) is 89.3 Å². The molecule has 1 heterocycles. The summed E-state index contributed by atoms with van der Waals surface area (Å²) in [5.41, 5.74) is 5.98. The number of halogens is 1. The molecule has 0 fully saturated rings. The summed E-state index contributed by atoms with van der Waals surface area (Å²) in [5, 5.41) is 16.7. The van der Waals surface area contributed by atoms with Gasteiger partial charge in [0.05, 0.1) is 5.02 Å². The molecule has 0 atom stereocenters. The van der Waals surface area contributed by atoms with Crippen LogP contribution in [0.4, 0.5) is 0 Å². The van der Waals surface area contributed by atoms with Crippen molar-refractivity contribution in [3.8, 4) is 0 Å². The number of rotatable bonds is 3. The zero-order valence-corrected chi connectivity index (χ0v) is 11.0. The summed E-state index contributed by atoms with van der Waals surface area (Å²) in [5.74, 6) is -0.0183. The van der Waals surface area contributed by atoms with Crippen molar-refractivity contribution >= 4 is 29.2 Å². The quantitative estimate of drug-likeness (QED) is 0.387. The number of amidine groups is 1. The van der Waals surface area contributed by atoms with Crippen LogP contribution in [-0.2, 0) is 7.05 Å². The number of oxime groups is 1. The first-order valence-corrected chi connectivity index (χ1v) is 6.10. The van der Waals surface area contributed by atoms with Crippen LogP contribution in [0.3, 0.4) is 0 Å². The number of benzene rings is 1. The molecule has 18 heavy (non-hydrogen) atoms. The van der Waals surface area contributed by atoms with Crippen molar-refractivity contribution < 1.29 is 5.21 Å². The van der Waals surface area contributed by atoms with Gasteiger partial charge in [0.25, 0.3) is 0 Å². The smallest absolute Gasteiger partial charge is 0.190 e. The lowest BCUT2D eigenvalue weighted by Gasteiger charge is -2.05. The van der Waals surface area contributed by atoms with Gasteiger partial charge in [0, 0.05) is 17.5 Å². The summed E-state index contributed by atoms with van der Waals surface area (Å²) in [6, 6.07) is 5.24. The van der Waals surface area contributed by atoms with E-state index in [2.05, 4.69) is 15.2 Å². The van der Waals surface area contributed by atoms with Crippen LogP contribution in [0.25, 0.3) is 0 Å². The van der Waals surface area contributed by atoms with Gasteiger partial charge in [-0.25, -0.2) is 9.67 Å². The average molecular weight is 284 g/mol. The normalized spacial score (nSPS) is 11.8. The van der Waals surface area contributed by atoms with Crippen molar-refractivity contribution in [2.45, 2.75) is 10.1 Å². The van der Waals surface area contributed by atoms with Crippen LogP contribution in [0.1, 0.15) is 5.56 Å². The maximum absolute atomic E-state index is 8.60. The second-order valence-electron chi connectivity index (χ2n) is 3.40. The van der Waals surface area contributed by atoms with E-state index in [-0.39, 0.29) is 5.84 Å². The van der Waals surface area contributed by atoms with Crippen LogP contribution in [-0.4, -0.2) is 25.8 Å². The molecule has 0 aliphatic carbocycles. The van der Waals surface area contributed by atoms with E-state index >= 15 is 0 Å². The Kier molecular flexibility index (Phi) is 3.73. The standard InChI is InChI=1S/C10H10ClN5OS/c1-16-10(13-5-14-16)18-6-2-3-7(8(11)4-6)9(12)15-17/h2-5,17H,1H3,(H2,12,15). The van der Waals surface area contributed by atoms with Crippen LogP contribution in [0.15, 0.2) is 39.7 Å². The van der Waals surface area contributed by atoms with Crippen LogP contribution in [0, 0.1) is 0 Å². The van der Waals surface area contributed by atoms with Crippen LogP contribution in [0.2, 0.25) is 5.02 Å². The van der Waals surface area contributed by atoms with Crippen molar-refractivity contribution in [1.29, 1.82) is 0 Å². The van der Waals surface area contributed by atoms with E-state index in [9.17, 15) is 0 Å². The molecule has 0 unspecified atom stereocenters. The molecule has 0 aliphatic heterocycles. The zero-order valence-electron chi connectivity index (χ0n) is 9.41. The molecule has 94 valence electrons. The predicted molar refractivity (Wildman–Crippen MR) is 69.1 cm³/mol. The van der Waals surface area contributed by atoms with E-state index in [0.717, 1.165) is 10.1 Å². The third kappa shape index (κ3) is 2.57. The number of aromatic nitrogens is 3. The molecule has 2 rings (SSSR count). The molecule has 0 aliphatic rings. The van der Waals surface area contributed by atoms with Gasteiger partial charge in [0.15, 0.2) is 11.0 Å². The molecule has 0 radical (unpaired) electrons. The van der Waals surface area contributed by atoms with E-state index in [4.69, 9.17) is 22.5 Å². The maximum Gasteiger partial charge on any atom is 0.190 e. The first-order valence-electron chi connectivity index (χ1n) is 4.91. The Morgan fingerprint density at radius 3 is 2.89 bits per heavy atom. The number of aryl methyl sites for hydroxylation is 1. The fourth-order valence-corrected chi connectivity index (χ4v) is 2.45. The van der Waals surface area contributed by atoms with Crippen molar-refractivity contribution in [2.75, 3.05) is 0 Å². The minimum atomic E-state index is -0.0183. The SMILES string of the molecule is Cn1ncnc1Sc1ccc(/C(N)=N/O)c(Cl)c1. The predicted octanol–water partition coefficient (Wildman–Crippen LogP) is 1.71. The van der Waals surface area contributed by atoms with Crippen molar-refractivity contribution in [2.24, 2.45) is 17.9 Å². The Labute approximate surface area is 112 Å². The summed E-state index contributed by atoms with van der Waals surface area (Å²) in [4.78, 5) is 4.99. The number of hydrogen-bond acceptors (Lipinski definition) is 5. The summed E-state index contributed by atoms with van der Waals surface area (Å²) in [6.07, 6.45) is 1.48. The third-order valence-corrected chi connectivity index (χ3v) is 3.56. The third-order valence-electron chi connectivity index (χ3n) is 2.20. The Hall–Kier alpha value is -1.73. The molecule has 2 aromatic rings. The fraction of sp³-hybridized carbons (Fsp3) is 0.100. The van der Waals surface area contributed by atoms with Crippen LogP contribution in [0.5, 0.6) is 0 Å². The molecule has 3 N–H and O–H groups in total. The molecule has 1 aromatic carbocycles. The Bertz CT molecular complexity index is 598. The molecular weight excluding hydrogens is 274 g/mol. The van der Waals surface area contributed by atoms with Gasteiger partial charge in [0.1, 0.15) is 6.33 Å². The second kappa shape index (κ2) is 5.28. The zero-order chi connectivity index (χ0) is 13.1. The van der Waals surface area contributed by atoms with E-state index in [0.29, 0.717) is 10.6 Å². The Morgan fingerprint density at radius 1 is 1.56 bits per heavy atom. The Morgan fingerprint density at radius 2 is 2.33 bits per heavy atom. The van der Waals surface area contributed by atoms with Gasteiger partial charge in [-0.3, -0.25) is 0 Å². The highest BCUT2D eigenvalue weighted by molar-refractivity contribution is 7.99. The highest BCUT2D eigenvalue weighted by Gasteiger charge is 2.09. The van der Waals surface area contributed by atoms with Gasteiger partial charge in [-0.15, -0.1) is 0 Å². The lowest BCUT2D eigenvalue weighted by atomic mass is 10.2. The molecule has 0 spiro atoms. The van der Waals surface area contributed by atoms with Crippen molar-refractivity contribution in [3.05, 3.63) is 35.1 Å². The Balaban J connectivity index is 2.27. The van der Waals surface area contributed by atoms with E-state index in [1.807, 2.05) is 13.1 Å². The van der Waals surface area contributed by atoms with Crippen molar-refractivity contribution in [1.82, 2.24) is 14.8 Å². The molecule has 0 saturated heterocycles. The summed E-state index contributed by atoms with van der Waals surface area (Å²) >= 11 is 7.48. The molecule has 8 heteroatoms. The molecule has 6 nitrogen and oxygen atoms in total. The average Bonchev–Trinajstić information content (AvgIpc) is 2.74. The number of hydrogen-bond donors (Lipinski definition) is 2. The molecule has 0 amide bonds. The van der Waals surface area contributed by atoms with Gasteiger partial charge >= 0.3 is 0 Å². The minimum absolute atomic E-state index is 0.0183. The summed E-state index contributed by atoms with van der Waals surface area (Å²) in [6.45, 7) is 0. The fourth-order valence-electron chi connectivity index (χ4n) is 1.30. The number of nitrogens with zero attached hydrogens (tertiary/aromatic N) is 4. The lowest BCUT2D eigenvalue weighted by molar-refractivity contribution is 0.318. The monoisotopic (exact) mass is 283 g/mol. The van der Waals surface area contributed by atoms with Gasteiger partial charge in [0.2, 0.25) is 0 Å². The van der Waals surface area contributed by atoms with Gasteiger partial charge in [-0.2, -0.15) is 5.10 Å². The summed E-state index contributed by atoms with van der Waals surface area (Å²) < 4.78 is 1.66. The number of nitrogens with two attached hydrogens (primary N) is 1. The van der Waals surface area contributed by atoms with Crippen LogP contribution >= 0.6 is 23.4 Å². The lowest BCUT2D eigenvalue weighted by Crippen LogP contribution is -2.13. The van der Waals surface area contributed by atoms with Gasteiger partial charge in [-0.1, -0.05) is 28.5 Å². The maximum atomic E-state index is 8.60. The highest BCUT2D eigenvalue weighted by Crippen LogP contribution is 2.29. The van der Waals surface area contributed by atoms with E-state index in [1.165, 1.54) is 18.1 Å². The summed E-state index contributed by atoms with van der Waals surface area (Å²) in [7, 11) is 1.81. The van der Waals surface area contributed by atoms with Crippen LogP contribution < -0.4 is 5.73 Å². The second-order valence-corrected chi connectivity index (χ2v) is 4.84. The molecular formula is C10H10ClN5OS. The largest absolute Gasteiger partial charge is 0.409 e. The van der Waals surface area contributed by atoms with E-state index < -0.39 is 0 Å². The van der Waals surface area contributed by atoms with Gasteiger partial charge < -0.3 is 10.9 Å². The van der Waals surface area contributed by atoms with Gasteiger partial charge in [-0.05, 0) is 18.2 Å². The van der Waals surface area contributed by atoms with E-state index in [1.54, 1.807) is 16.8 Å². The first-order chi connectivity index (χ1) is 8.61. The minimum Gasteiger partial charge on any atom is -0.409 e. The molecule has 0 saturated carbocycles. The molecule has 0 bridgehead atoms. The highest BCUT2D eigenvalue weighted by atomic mass is 35.5. The molecule has 1 aromatic heterocycles.